The highest BCUT2D eigenvalue weighted by Crippen LogP contribution is 2.16. The average Bonchev–Trinajstić information content (AvgIpc) is 2.32. The fourth-order valence-corrected chi connectivity index (χ4v) is 2.25. The van der Waals surface area contributed by atoms with Crippen molar-refractivity contribution in [1.82, 2.24) is 0 Å². The van der Waals surface area contributed by atoms with Crippen LogP contribution in [0.4, 0.5) is 0 Å². The van der Waals surface area contributed by atoms with E-state index < -0.39 is 0 Å². The highest BCUT2D eigenvalue weighted by molar-refractivity contribution is 4.73. The van der Waals surface area contributed by atoms with E-state index in [1.54, 1.807) is 0 Å². The van der Waals surface area contributed by atoms with Gasteiger partial charge in [0.2, 0.25) is 0 Å². The maximum atomic E-state index is 2.55. The number of hydrogen-bond donors (Lipinski definition) is 0. The number of unbranched alkanes of at least 4 members (excludes halogenated alkanes) is 8. The monoisotopic (exact) mass is 225 g/mol. The van der Waals surface area contributed by atoms with E-state index in [0.717, 1.165) is 5.92 Å². The molecule has 0 heteroatoms. The zero-order valence-electron chi connectivity index (χ0n) is 11.9. The number of hydrogen-bond acceptors (Lipinski definition) is 0. The van der Waals surface area contributed by atoms with Crippen molar-refractivity contribution in [3.63, 3.8) is 0 Å². The Morgan fingerprint density at radius 3 is 1.69 bits per heavy atom. The van der Waals surface area contributed by atoms with Crippen molar-refractivity contribution in [1.29, 1.82) is 0 Å². The summed E-state index contributed by atoms with van der Waals surface area (Å²) in [5.74, 6) is 0.879. The molecule has 0 aromatic rings. The summed E-state index contributed by atoms with van der Waals surface area (Å²) < 4.78 is 0. The van der Waals surface area contributed by atoms with E-state index in [4.69, 9.17) is 0 Å². The Hall–Kier alpha value is 0. The summed E-state index contributed by atoms with van der Waals surface area (Å²) in [5.41, 5.74) is 0. The molecule has 0 fully saturated rings. The van der Waals surface area contributed by atoms with Crippen molar-refractivity contribution >= 4 is 0 Å². The SMILES string of the molecule is CCCCCCCCCC[CH]C(CC)CC. The summed E-state index contributed by atoms with van der Waals surface area (Å²) in [6.45, 7) is 6.89. The van der Waals surface area contributed by atoms with Crippen LogP contribution in [0.2, 0.25) is 0 Å². The van der Waals surface area contributed by atoms with Crippen LogP contribution in [0.3, 0.4) is 0 Å². The van der Waals surface area contributed by atoms with E-state index in [1.165, 1.54) is 70.6 Å². The first-order valence-electron chi connectivity index (χ1n) is 7.68. The van der Waals surface area contributed by atoms with E-state index in [0.29, 0.717) is 0 Å². The molecule has 0 unspecified atom stereocenters. The second kappa shape index (κ2) is 13.1. The standard InChI is InChI=1S/C16H33/c1-4-7-8-9-10-11-12-13-14-15-16(5-2)6-3/h15-16H,4-14H2,1-3H3. The quantitative estimate of drug-likeness (QED) is 0.349. The van der Waals surface area contributed by atoms with Crippen LogP contribution in [0.15, 0.2) is 0 Å². The fraction of sp³-hybridized carbons (Fsp3) is 0.938. The summed E-state index contributed by atoms with van der Waals surface area (Å²) in [4.78, 5) is 0. The predicted octanol–water partition coefficient (Wildman–Crippen LogP) is 6.16. The number of rotatable bonds is 12. The van der Waals surface area contributed by atoms with Crippen molar-refractivity contribution < 1.29 is 0 Å². The lowest BCUT2D eigenvalue weighted by molar-refractivity contribution is 0.518. The molecule has 0 bridgehead atoms. The molecule has 0 aromatic carbocycles. The van der Waals surface area contributed by atoms with Crippen molar-refractivity contribution in [2.45, 2.75) is 91.4 Å². The molecule has 0 aromatic heterocycles. The maximum Gasteiger partial charge on any atom is -0.0355 e. The van der Waals surface area contributed by atoms with Crippen LogP contribution in [0, 0.1) is 12.3 Å². The minimum Gasteiger partial charge on any atom is -0.0654 e. The van der Waals surface area contributed by atoms with E-state index in [-0.39, 0.29) is 0 Å². The van der Waals surface area contributed by atoms with Gasteiger partial charge in [0.25, 0.3) is 0 Å². The predicted molar refractivity (Wildman–Crippen MR) is 75.6 cm³/mol. The van der Waals surface area contributed by atoms with Gasteiger partial charge in [-0.3, -0.25) is 0 Å². The van der Waals surface area contributed by atoms with Crippen molar-refractivity contribution in [2.24, 2.45) is 5.92 Å². The molecule has 97 valence electrons. The lowest BCUT2D eigenvalue weighted by Gasteiger charge is -2.10. The van der Waals surface area contributed by atoms with Gasteiger partial charge in [0.15, 0.2) is 0 Å². The minimum atomic E-state index is 0.879. The van der Waals surface area contributed by atoms with Gasteiger partial charge in [-0.25, -0.2) is 0 Å². The molecule has 0 N–H and O–H groups in total. The van der Waals surface area contributed by atoms with Crippen LogP contribution < -0.4 is 0 Å². The third-order valence-electron chi connectivity index (χ3n) is 3.61. The molecule has 0 aliphatic heterocycles. The van der Waals surface area contributed by atoms with Gasteiger partial charge in [-0.1, -0.05) is 85.0 Å². The molecule has 1 radical (unpaired) electrons. The summed E-state index contributed by atoms with van der Waals surface area (Å²) in [7, 11) is 0. The molecule has 0 saturated carbocycles. The zero-order chi connectivity index (χ0) is 12.1. The Kier molecular flexibility index (Phi) is 13.1. The summed E-state index contributed by atoms with van der Waals surface area (Å²) in [6, 6.07) is 0. The van der Waals surface area contributed by atoms with Crippen molar-refractivity contribution in [3.05, 3.63) is 6.42 Å². The molecule has 0 saturated heterocycles. The molecule has 0 amide bonds. The zero-order valence-corrected chi connectivity index (χ0v) is 11.9. The topological polar surface area (TPSA) is 0 Å². The largest absolute Gasteiger partial charge is 0.0654 e. The first kappa shape index (κ1) is 16.0. The van der Waals surface area contributed by atoms with Crippen LogP contribution in [-0.2, 0) is 0 Å². The Bertz CT molecular complexity index is 113. The molecule has 0 aliphatic rings. The lowest BCUT2D eigenvalue weighted by Crippen LogP contribution is -1.97. The highest BCUT2D eigenvalue weighted by Gasteiger charge is 2.02. The molecule has 0 atom stereocenters. The van der Waals surface area contributed by atoms with Crippen molar-refractivity contribution in [3.8, 4) is 0 Å². The van der Waals surface area contributed by atoms with Crippen LogP contribution >= 0.6 is 0 Å². The van der Waals surface area contributed by atoms with Gasteiger partial charge in [-0.05, 0) is 18.8 Å². The molecule has 0 rings (SSSR count). The lowest BCUT2D eigenvalue weighted by atomic mass is 9.95. The van der Waals surface area contributed by atoms with E-state index in [2.05, 4.69) is 27.2 Å². The Morgan fingerprint density at radius 2 is 1.19 bits per heavy atom. The third-order valence-corrected chi connectivity index (χ3v) is 3.61. The molecule has 16 heavy (non-hydrogen) atoms. The summed E-state index contributed by atoms with van der Waals surface area (Å²) in [6.07, 6.45) is 18.1. The third kappa shape index (κ3) is 10.5. The second-order valence-electron chi connectivity index (χ2n) is 5.08. The highest BCUT2D eigenvalue weighted by atomic mass is 14.1. The maximum absolute atomic E-state index is 2.55. The normalized spacial score (nSPS) is 11.2. The molecular formula is C16H33. The van der Waals surface area contributed by atoms with Gasteiger partial charge >= 0.3 is 0 Å². The molecule has 0 heterocycles. The van der Waals surface area contributed by atoms with E-state index in [9.17, 15) is 0 Å². The second-order valence-corrected chi connectivity index (χ2v) is 5.08. The molecular weight excluding hydrogens is 192 g/mol. The first-order valence-corrected chi connectivity index (χ1v) is 7.68. The van der Waals surface area contributed by atoms with Gasteiger partial charge in [-0.2, -0.15) is 0 Å². The minimum absolute atomic E-state index is 0.879. The van der Waals surface area contributed by atoms with Gasteiger partial charge in [-0.15, -0.1) is 0 Å². The van der Waals surface area contributed by atoms with Crippen LogP contribution in [0.5, 0.6) is 0 Å². The van der Waals surface area contributed by atoms with Gasteiger partial charge < -0.3 is 0 Å². The van der Waals surface area contributed by atoms with E-state index in [1.807, 2.05) is 0 Å². The Balaban J connectivity index is 3.03. The van der Waals surface area contributed by atoms with Crippen LogP contribution in [0.25, 0.3) is 0 Å². The Morgan fingerprint density at radius 1 is 0.688 bits per heavy atom. The molecule has 0 aliphatic carbocycles. The van der Waals surface area contributed by atoms with E-state index >= 15 is 0 Å². The molecule has 0 spiro atoms. The molecule has 0 nitrogen and oxygen atoms in total. The average molecular weight is 225 g/mol. The first-order chi connectivity index (χ1) is 7.85. The fourth-order valence-electron chi connectivity index (χ4n) is 2.25. The Labute approximate surface area is 104 Å². The summed E-state index contributed by atoms with van der Waals surface area (Å²) in [5, 5.41) is 0. The van der Waals surface area contributed by atoms with Gasteiger partial charge in [0.05, 0.1) is 0 Å². The van der Waals surface area contributed by atoms with Crippen LogP contribution in [0.1, 0.15) is 91.4 Å². The van der Waals surface area contributed by atoms with Gasteiger partial charge in [0, 0.05) is 0 Å². The van der Waals surface area contributed by atoms with Gasteiger partial charge in [0.1, 0.15) is 0 Å². The van der Waals surface area contributed by atoms with Crippen molar-refractivity contribution in [2.75, 3.05) is 0 Å². The smallest absolute Gasteiger partial charge is 0.0355 e. The van der Waals surface area contributed by atoms with Crippen LogP contribution in [-0.4, -0.2) is 0 Å². The summed E-state index contributed by atoms with van der Waals surface area (Å²) >= 11 is 0.